The Morgan fingerprint density at radius 1 is 1.27 bits per heavy atom. The van der Waals surface area contributed by atoms with Crippen molar-refractivity contribution in [1.82, 2.24) is 25.1 Å². The first-order valence-corrected chi connectivity index (χ1v) is 8.87. The van der Waals surface area contributed by atoms with Gasteiger partial charge in [-0.3, -0.25) is 9.48 Å². The van der Waals surface area contributed by atoms with E-state index in [1.807, 2.05) is 13.0 Å². The number of aliphatic hydroxyl groups is 1. The molecule has 11 heteroatoms. The number of carbonyl (C=O) groups excluding carboxylic acids is 1. The van der Waals surface area contributed by atoms with Gasteiger partial charge in [0.05, 0.1) is 12.7 Å². The van der Waals surface area contributed by atoms with Crippen molar-refractivity contribution in [3.8, 4) is 11.1 Å². The van der Waals surface area contributed by atoms with Crippen LogP contribution in [0.1, 0.15) is 11.3 Å². The maximum Gasteiger partial charge on any atom is 0.433 e. The lowest BCUT2D eigenvalue weighted by atomic mass is 10.1. The number of halogens is 3. The van der Waals surface area contributed by atoms with Crippen LogP contribution in [0.25, 0.3) is 11.1 Å². The Kier molecular flexibility index (Phi) is 6.01. The second kappa shape index (κ2) is 8.49. The van der Waals surface area contributed by atoms with Gasteiger partial charge in [-0.15, -0.1) is 0 Å². The SMILES string of the molecule is CNC(=O)C(O)Cn1cc(-c2cc(C)cc(Nc3nccc(C(F)(F)F)n3)c2)cn1. The smallest absolute Gasteiger partial charge is 0.381 e. The molecule has 0 spiro atoms. The van der Waals surface area contributed by atoms with Gasteiger partial charge >= 0.3 is 6.18 Å². The highest BCUT2D eigenvalue weighted by atomic mass is 19.4. The van der Waals surface area contributed by atoms with Gasteiger partial charge in [0.15, 0.2) is 6.10 Å². The summed E-state index contributed by atoms with van der Waals surface area (Å²) in [5, 5.41) is 19.1. The molecule has 2 heterocycles. The first-order valence-electron chi connectivity index (χ1n) is 8.87. The molecule has 1 amide bonds. The molecule has 0 aliphatic carbocycles. The molecule has 0 aliphatic rings. The maximum absolute atomic E-state index is 12.9. The second-order valence-electron chi connectivity index (χ2n) is 6.56. The number of aromatic nitrogens is 4. The van der Waals surface area contributed by atoms with Crippen LogP contribution in [0.5, 0.6) is 0 Å². The first kappa shape index (κ1) is 21.2. The van der Waals surface area contributed by atoms with Gasteiger partial charge in [0.25, 0.3) is 5.91 Å². The largest absolute Gasteiger partial charge is 0.433 e. The Morgan fingerprint density at radius 2 is 2.03 bits per heavy atom. The number of alkyl halides is 3. The van der Waals surface area contributed by atoms with Crippen molar-refractivity contribution in [2.24, 2.45) is 0 Å². The number of hydrogen-bond donors (Lipinski definition) is 3. The third-order valence-corrected chi connectivity index (χ3v) is 4.16. The lowest BCUT2D eigenvalue weighted by molar-refractivity contribution is -0.141. The lowest BCUT2D eigenvalue weighted by Crippen LogP contribution is -2.35. The van der Waals surface area contributed by atoms with Crippen LogP contribution in [0, 0.1) is 6.92 Å². The van der Waals surface area contributed by atoms with Crippen molar-refractivity contribution in [3.63, 3.8) is 0 Å². The zero-order chi connectivity index (χ0) is 21.9. The average molecular weight is 420 g/mol. The summed E-state index contributed by atoms with van der Waals surface area (Å²) in [5.41, 5.74) is 1.76. The van der Waals surface area contributed by atoms with Crippen molar-refractivity contribution in [3.05, 3.63) is 54.1 Å². The van der Waals surface area contributed by atoms with Crippen LogP contribution in [0.4, 0.5) is 24.8 Å². The van der Waals surface area contributed by atoms with Gasteiger partial charge in [-0.2, -0.15) is 18.3 Å². The van der Waals surface area contributed by atoms with Gasteiger partial charge < -0.3 is 15.7 Å². The topological polar surface area (TPSA) is 105 Å². The number of nitrogens with one attached hydrogen (secondary N) is 2. The molecule has 3 N–H and O–H groups in total. The van der Waals surface area contributed by atoms with E-state index in [4.69, 9.17) is 0 Å². The Balaban J connectivity index is 1.82. The fourth-order valence-corrected chi connectivity index (χ4v) is 2.77. The normalized spacial score (nSPS) is 12.5. The Bertz CT molecular complexity index is 1050. The quantitative estimate of drug-likeness (QED) is 0.566. The number of aryl methyl sites for hydroxylation is 1. The van der Waals surface area contributed by atoms with Crippen molar-refractivity contribution in [2.75, 3.05) is 12.4 Å². The minimum Gasteiger partial charge on any atom is -0.381 e. The Hall–Kier alpha value is -3.47. The molecule has 0 fully saturated rings. The number of rotatable bonds is 6. The molecule has 0 aliphatic heterocycles. The van der Waals surface area contributed by atoms with E-state index in [-0.39, 0.29) is 12.5 Å². The van der Waals surface area contributed by atoms with Gasteiger partial charge in [0.1, 0.15) is 5.69 Å². The second-order valence-corrected chi connectivity index (χ2v) is 6.56. The molecule has 1 aromatic carbocycles. The van der Waals surface area contributed by atoms with Crippen molar-refractivity contribution >= 4 is 17.5 Å². The van der Waals surface area contributed by atoms with Crippen LogP contribution in [-0.2, 0) is 17.5 Å². The zero-order valence-electron chi connectivity index (χ0n) is 16.1. The van der Waals surface area contributed by atoms with Crippen molar-refractivity contribution in [1.29, 1.82) is 0 Å². The molecule has 158 valence electrons. The molecular weight excluding hydrogens is 401 g/mol. The average Bonchev–Trinajstić information content (AvgIpc) is 3.15. The molecular formula is C19H19F3N6O2. The lowest BCUT2D eigenvalue weighted by Gasteiger charge is -2.10. The van der Waals surface area contributed by atoms with Gasteiger partial charge in [-0.25, -0.2) is 9.97 Å². The molecule has 2 aromatic heterocycles. The monoisotopic (exact) mass is 420 g/mol. The third-order valence-electron chi connectivity index (χ3n) is 4.16. The number of carbonyl (C=O) groups is 1. The maximum atomic E-state index is 12.9. The predicted octanol–water partition coefficient (Wildman–Crippen LogP) is 2.52. The molecule has 3 aromatic rings. The van der Waals surface area contributed by atoms with Crippen LogP contribution in [-0.4, -0.2) is 43.9 Å². The number of nitrogens with zero attached hydrogens (tertiary/aromatic N) is 4. The summed E-state index contributed by atoms with van der Waals surface area (Å²) in [5.74, 6) is -0.694. The Morgan fingerprint density at radius 3 is 2.73 bits per heavy atom. The molecule has 3 rings (SSSR count). The molecule has 8 nitrogen and oxygen atoms in total. The van der Waals surface area contributed by atoms with E-state index in [1.165, 1.54) is 11.7 Å². The summed E-state index contributed by atoms with van der Waals surface area (Å²) in [6, 6.07) is 6.13. The number of anilines is 2. The Labute approximate surface area is 169 Å². The molecule has 0 saturated heterocycles. The summed E-state index contributed by atoms with van der Waals surface area (Å²) in [7, 11) is 1.43. The zero-order valence-corrected chi connectivity index (χ0v) is 16.1. The molecule has 1 atom stereocenters. The minimum atomic E-state index is -4.56. The number of amides is 1. The first-order chi connectivity index (χ1) is 14.2. The highest BCUT2D eigenvalue weighted by molar-refractivity contribution is 5.80. The van der Waals surface area contributed by atoms with Crippen LogP contribution in [0.2, 0.25) is 0 Å². The van der Waals surface area contributed by atoms with E-state index in [0.717, 1.165) is 23.4 Å². The van der Waals surface area contributed by atoms with E-state index in [2.05, 4.69) is 25.7 Å². The predicted molar refractivity (Wildman–Crippen MR) is 103 cm³/mol. The number of likely N-dealkylation sites (N-methyl/N-ethyl adjacent to an activating group) is 1. The molecule has 0 bridgehead atoms. The minimum absolute atomic E-state index is 0.0192. The highest BCUT2D eigenvalue weighted by Gasteiger charge is 2.32. The third kappa shape index (κ3) is 5.11. The van der Waals surface area contributed by atoms with Crippen LogP contribution >= 0.6 is 0 Å². The number of aliphatic hydroxyl groups excluding tert-OH is 1. The molecule has 1 unspecified atom stereocenters. The molecule has 0 saturated carbocycles. The fourth-order valence-electron chi connectivity index (χ4n) is 2.77. The van der Waals surface area contributed by atoms with E-state index in [1.54, 1.807) is 24.5 Å². The van der Waals surface area contributed by atoms with Crippen molar-refractivity contribution in [2.45, 2.75) is 25.7 Å². The standard InChI is InChI=1S/C19H19F3N6O2/c1-11-5-12(13-8-25-28(9-13)10-15(29)17(30)23-2)7-14(6-11)26-18-24-4-3-16(27-18)19(20,21)22/h3-9,15,29H,10H2,1-2H3,(H,23,30)(H,24,26,27). The fraction of sp³-hybridized carbons (Fsp3) is 0.263. The van der Waals surface area contributed by atoms with Gasteiger partial charge in [-0.05, 0) is 36.2 Å². The van der Waals surface area contributed by atoms with E-state index in [9.17, 15) is 23.1 Å². The van der Waals surface area contributed by atoms with E-state index >= 15 is 0 Å². The van der Waals surface area contributed by atoms with E-state index < -0.39 is 23.9 Å². The van der Waals surface area contributed by atoms with Gasteiger partial charge in [0, 0.05) is 30.7 Å². The summed E-state index contributed by atoms with van der Waals surface area (Å²) < 4.78 is 40.0. The van der Waals surface area contributed by atoms with Crippen LogP contribution in [0.3, 0.4) is 0 Å². The molecule has 0 radical (unpaired) electrons. The highest BCUT2D eigenvalue weighted by Crippen LogP contribution is 2.29. The summed E-state index contributed by atoms with van der Waals surface area (Å²) in [6.07, 6.45) is -1.54. The summed E-state index contributed by atoms with van der Waals surface area (Å²) in [6.45, 7) is 1.82. The number of hydrogen-bond acceptors (Lipinski definition) is 6. The van der Waals surface area contributed by atoms with Crippen LogP contribution in [0.15, 0.2) is 42.9 Å². The van der Waals surface area contributed by atoms with Crippen molar-refractivity contribution < 1.29 is 23.1 Å². The summed E-state index contributed by atoms with van der Waals surface area (Å²) in [4.78, 5) is 18.8. The van der Waals surface area contributed by atoms with Crippen LogP contribution < -0.4 is 10.6 Å². The molecule has 30 heavy (non-hydrogen) atoms. The van der Waals surface area contributed by atoms with Gasteiger partial charge in [-0.1, -0.05) is 6.07 Å². The van der Waals surface area contributed by atoms with Gasteiger partial charge in [0.2, 0.25) is 5.95 Å². The summed E-state index contributed by atoms with van der Waals surface area (Å²) >= 11 is 0. The number of benzene rings is 1. The van der Waals surface area contributed by atoms with E-state index in [0.29, 0.717) is 11.3 Å².